The lowest BCUT2D eigenvalue weighted by Gasteiger charge is -2.11. The smallest absolute Gasteiger partial charge is 0.167 e. The normalized spacial score (nSPS) is 11.8. The van der Waals surface area contributed by atoms with E-state index in [0.717, 1.165) is 122 Å². The number of nitrogens with zero attached hydrogens (tertiary/aromatic N) is 10. The lowest BCUT2D eigenvalue weighted by molar-refractivity contribution is 0.668. The van der Waals surface area contributed by atoms with Crippen molar-refractivity contribution in [2.45, 2.75) is 0 Å². The van der Waals surface area contributed by atoms with Gasteiger partial charge in [0.1, 0.15) is 22.3 Å². The van der Waals surface area contributed by atoms with Crippen molar-refractivity contribution in [2.75, 3.05) is 0 Å². The summed E-state index contributed by atoms with van der Waals surface area (Å²) in [7, 11) is 0. The fraction of sp³-hybridized carbons (Fsp3) is 0. The van der Waals surface area contributed by atoms with E-state index in [1.54, 1.807) is 0 Å². The molecule has 0 amide bonds. The molecule has 0 saturated carbocycles. The Hall–Kier alpha value is -17.2. The Balaban J connectivity index is 0.000000137. The molecule has 12 nitrogen and oxygen atoms in total. The third-order valence-corrected chi connectivity index (χ3v) is 24.7. The number of hydrogen-bond acceptors (Lipinski definition) is 8. The first-order valence-corrected chi connectivity index (χ1v) is 42.4. The summed E-state index contributed by atoms with van der Waals surface area (Å²) in [6, 6.07) is 149. The molecule has 588 valence electrons. The molecule has 0 radical (unpaired) electrons. The minimum Gasteiger partial charge on any atom is -0.456 e. The van der Waals surface area contributed by atoms with E-state index in [0.29, 0.717) is 34.9 Å². The van der Waals surface area contributed by atoms with Crippen LogP contribution in [0.1, 0.15) is 0 Å². The molecule has 0 atom stereocenters. The molecule has 8 aromatic heterocycles. The zero-order valence-electron chi connectivity index (χ0n) is 67.7. The Morgan fingerprint density at radius 3 is 0.905 bits per heavy atom. The zero-order valence-corrected chi connectivity index (χ0v) is 67.7. The maximum absolute atomic E-state index is 6.85. The summed E-state index contributed by atoms with van der Waals surface area (Å²) in [5, 5.41) is 13.8. The Kier molecular flexibility index (Phi) is 16.7. The van der Waals surface area contributed by atoms with Crippen LogP contribution < -0.4 is 0 Å². The van der Waals surface area contributed by atoms with Crippen molar-refractivity contribution >= 4 is 131 Å². The van der Waals surface area contributed by atoms with Crippen molar-refractivity contribution in [3.8, 4) is 113 Å². The van der Waals surface area contributed by atoms with E-state index < -0.39 is 0 Å². The van der Waals surface area contributed by atoms with Crippen molar-refractivity contribution in [1.82, 2.24) is 48.2 Å². The van der Waals surface area contributed by atoms with Crippen LogP contribution in [0.2, 0.25) is 0 Å². The van der Waals surface area contributed by atoms with Crippen molar-refractivity contribution in [3.05, 3.63) is 425 Å². The summed E-state index contributed by atoms with van der Waals surface area (Å²) in [6.07, 6.45) is 0. The SMILES string of the molecule is c1ccc(-c2nc(-c3ccccc3)nc(-c3ccc4oc5ccc(-n6c7ccccc7c7cc(-c8ccc9c(c8)c8ccccc8n9-c8ccccc8)ccc76)cc5c4c3)n2)cc1.c1ccc(-c2nc(-c3ccccc3)nc(-c3cccc4c3oc3cccc(-n5c6ccccc6c6cc(-c7ccc8c(c7)c7ccccc7n8-c7ccccc7)ccc65)c34)n2)cc1. The van der Waals surface area contributed by atoms with Crippen LogP contribution in [0.5, 0.6) is 0 Å². The maximum Gasteiger partial charge on any atom is 0.167 e. The van der Waals surface area contributed by atoms with Gasteiger partial charge in [0.25, 0.3) is 0 Å². The largest absolute Gasteiger partial charge is 0.456 e. The lowest BCUT2D eigenvalue weighted by atomic mass is 10.0. The van der Waals surface area contributed by atoms with Crippen LogP contribution in [-0.4, -0.2) is 48.2 Å². The number of furan rings is 2. The van der Waals surface area contributed by atoms with E-state index in [1.807, 2.05) is 140 Å². The van der Waals surface area contributed by atoms with Gasteiger partial charge in [-0.15, -0.1) is 0 Å². The fourth-order valence-corrected chi connectivity index (χ4v) is 19.0. The van der Waals surface area contributed by atoms with E-state index in [9.17, 15) is 0 Å². The molecule has 0 bridgehead atoms. The first-order chi connectivity index (χ1) is 62.5. The van der Waals surface area contributed by atoms with Crippen molar-refractivity contribution in [2.24, 2.45) is 0 Å². The molecular formula is C114H70N10O2. The minimum atomic E-state index is 0.557. The van der Waals surface area contributed by atoms with E-state index in [4.69, 9.17) is 38.7 Å². The second-order valence-corrected chi connectivity index (χ2v) is 32.0. The highest BCUT2D eigenvalue weighted by molar-refractivity contribution is 6.19. The molecular weight excluding hydrogens is 1540 g/mol. The van der Waals surface area contributed by atoms with Crippen molar-refractivity contribution in [1.29, 1.82) is 0 Å². The third kappa shape index (κ3) is 11.9. The average Bonchev–Trinajstić information content (AvgIpc) is 1.64. The average molecular weight is 1610 g/mol. The molecule has 26 aromatic rings. The standard InChI is InChI=1S/2C57H35N5O/c1-4-16-36(17-5-1)55-58-56(37-18-6-2-7-19-37)60-57(59-55)44-25-14-24-43-53-51(28-15-29-52(53)63-54(43)44)62-48-27-13-11-23-42(48)46-35-39(31-33-50(46)62)38-30-32-49-45(34-38)41-22-10-12-26-47(41)61(49)40-20-8-3-9-21-40;1-4-14-36(15-5-1)55-58-56(37-16-6-2-7-17-37)60-57(59-55)40-26-30-53-47(34-40)48-35-42(27-31-54(48)63-53)62-50-23-13-11-21-44(50)46-33-39(25-29-52(46)62)38-24-28-51-45(32-38)43-20-10-12-22-49(43)61(51)41-18-8-3-9-19-41/h2*1-35H. The van der Waals surface area contributed by atoms with E-state index in [1.165, 1.54) is 87.4 Å². The molecule has 0 spiro atoms. The van der Waals surface area contributed by atoms with Crippen molar-refractivity contribution in [3.63, 3.8) is 0 Å². The van der Waals surface area contributed by atoms with Crippen LogP contribution in [0.15, 0.2) is 433 Å². The molecule has 8 heterocycles. The minimum absolute atomic E-state index is 0.557. The van der Waals surface area contributed by atoms with E-state index in [2.05, 4.69) is 303 Å². The molecule has 18 aromatic carbocycles. The molecule has 0 aliphatic carbocycles. The predicted molar refractivity (Wildman–Crippen MR) is 515 cm³/mol. The van der Waals surface area contributed by atoms with Crippen LogP contribution in [0.4, 0.5) is 0 Å². The molecule has 0 N–H and O–H groups in total. The van der Waals surface area contributed by atoms with Crippen molar-refractivity contribution < 1.29 is 8.83 Å². The molecule has 0 aliphatic rings. The molecule has 126 heavy (non-hydrogen) atoms. The Morgan fingerprint density at radius 1 is 0.167 bits per heavy atom. The first-order valence-electron chi connectivity index (χ1n) is 42.4. The number of fused-ring (bicyclic) bond motifs is 18. The fourth-order valence-electron chi connectivity index (χ4n) is 19.0. The van der Waals surface area contributed by atoms with Gasteiger partial charge in [-0.3, -0.25) is 0 Å². The number of hydrogen-bond donors (Lipinski definition) is 0. The summed E-state index contributed by atoms with van der Waals surface area (Å²) < 4.78 is 22.8. The monoisotopic (exact) mass is 1610 g/mol. The topological polar surface area (TPSA) is 123 Å². The van der Waals surface area contributed by atoms with Gasteiger partial charge in [0.2, 0.25) is 0 Å². The predicted octanol–water partition coefficient (Wildman–Crippen LogP) is 29.3. The Labute approximate surface area is 721 Å². The second kappa shape index (κ2) is 29.3. The maximum atomic E-state index is 6.85. The van der Waals surface area contributed by atoms with Crippen LogP contribution in [0, 0.1) is 0 Å². The third-order valence-electron chi connectivity index (χ3n) is 24.7. The van der Waals surface area contributed by atoms with Gasteiger partial charge in [-0.2, -0.15) is 0 Å². The van der Waals surface area contributed by atoms with E-state index >= 15 is 0 Å². The molecule has 0 aliphatic heterocycles. The highest BCUT2D eigenvalue weighted by Gasteiger charge is 2.26. The van der Waals surface area contributed by atoms with Gasteiger partial charge in [0.05, 0.1) is 60.8 Å². The van der Waals surface area contributed by atoms with E-state index in [-0.39, 0.29) is 0 Å². The molecule has 12 heteroatoms. The van der Waals surface area contributed by atoms with Gasteiger partial charge in [-0.25, -0.2) is 29.9 Å². The number of rotatable bonds is 12. The highest BCUT2D eigenvalue weighted by Crippen LogP contribution is 2.46. The van der Waals surface area contributed by atoms with Gasteiger partial charge < -0.3 is 27.1 Å². The molecule has 0 fully saturated rings. The zero-order chi connectivity index (χ0) is 82.9. The first kappa shape index (κ1) is 71.7. The van der Waals surface area contributed by atoms with Crippen LogP contribution >= 0.6 is 0 Å². The van der Waals surface area contributed by atoms with Crippen LogP contribution in [0.3, 0.4) is 0 Å². The van der Waals surface area contributed by atoms with Crippen LogP contribution in [0.25, 0.3) is 244 Å². The Morgan fingerprint density at radius 2 is 0.476 bits per heavy atom. The van der Waals surface area contributed by atoms with Gasteiger partial charge in [0, 0.05) is 104 Å². The van der Waals surface area contributed by atoms with Gasteiger partial charge in [-0.1, -0.05) is 273 Å². The molecule has 0 unspecified atom stereocenters. The van der Waals surface area contributed by atoms with Gasteiger partial charge in [-0.05, 0) is 174 Å². The molecule has 26 rings (SSSR count). The highest BCUT2D eigenvalue weighted by atomic mass is 16.3. The number of para-hydroxylation sites is 7. The molecule has 0 saturated heterocycles. The van der Waals surface area contributed by atoms with Gasteiger partial charge in [0.15, 0.2) is 34.9 Å². The summed E-state index contributed by atoms with van der Waals surface area (Å²) >= 11 is 0. The Bertz CT molecular complexity index is 8720. The number of benzene rings is 18. The lowest BCUT2D eigenvalue weighted by Crippen LogP contribution is -2.00. The summed E-state index contributed by atoms with van der Waals surface area (Å²) in [5.41, 5.74) is 27.0. The number of aromatic nitrogens is 10. The summed E-state index contributed by atoms with van der Waals surface area (Å²) in [5.74, 6) is 3.64. The summed E-state index contributed by atoms with van der Waals surface area (Å²) in [6.45, 7) is 0. The quantitative estimate of drug-likeness (QED) is 0.118. The van der Waals surface area contributed by atoms with Gasteiger partial charge >= 0.3 is 0 Å². The second-order valence-electron chi connectivity index (χ2n) is 32.0. The van der Waals surface area contributed by atoms with Crippen LogP contribution in [-0.2, 0) is 0 Å². The summed E-state index contributed by atoms with van der Waals surface area (Å²) in [4.78, 5) is 30.0.